The van der Waals surface area contributed by atoms with Crippen molar-refractivity contribution in [3.8, 4) is 0 Å². The summed E-state index contributed by atoms with van der Waals surface area (Å²) in [6.07, 6.45) is 1.81. The zero-order valence-corrected chi connectivity index (χ0v) is 8.61. The van der Waals surface area contributed by atoms with Crippen LogP contribution < -0.4 is 0 Å². The average molecular weight is 203 g/mol. The van der Waals surface area contributed by atoms with Crippen molar-refractivity contribution in [3.63, 3.8) is 0 Å². The van der Waals surface area contributed by atoms with Gasteiger partial charge in [0, 0.05) is 11.4 Å². The second-order valence-corrected chi connectivity index (χ2v) is 3.58. The zero-order chi connectivity index (χ0) is 9.40. The Bertz CT molecular complexity index is 229. The first-order chi connectivity index (χ1) is 5.66. The fourth-order valence-corrected chi connectivity index (χ4v) is 0.523. The number of hydrogen-bond acceptors (Lipinski definition) is 3. The fraction of sp³-hybridized carbons (Fsp3) is 0.375. The van der Waals surface area contributed by atoms with E-state index in [0.29, 0.717) is 0 Å². The predicted molar refractivity (Wildman–Crippen MR) is 57.2 cm³/mol. The summed E-state index contributed by atoms with van der Waals surface area (Å²) < 4.78 is 0.780. The van der Waals surface area contributed by atoms with E-state index in [9.17, 15) is 0 Å². The van der Waals surface area contributed by atoms with Gasteiger partial charge in [0.05, 0.1) is 6.61 Å². The Kier molecular flexibility index (Phi) is 7.14. The van der Waals surface area contributed by atoms with E-state index in [0.717, 1.165) is 4.64 Å². The van der Waals surface area contributed by atoms with Crippen LogP contribution in [0.15, 0.2) is 24.4 Å². The summed E-state index contributed by atoms with van der Waals surface area (Å²) in [6.45, 7) is 2.01. The summed E-state index contributed by atoms with van der Waals surface area (Å²) in [4.78, 5) is 2.85. The number of hydrogen-bond donors (Lipinski definition) is 3. The van der Waals surface area contributed by atoms with Gasteiger partial charge in [0.2, 0.25) is 0 Å². The molecule has 1 heterocycles. The van der Waals surface area contributed by atoms with Gasteiger partial charge in [-0.05, 0) is 12.1 Å². The molecule has 1 aromatic heterocycles. The highest BCUT2D eigenvalue weighted by atomic mass is 32.1. The van der Waals surface area contributed by atoms with Crippen molar-refractivity contribution in [2.45, 2.75) is 12.2 Å². The topological polar surface area (TPSA) is 36.0 Å². The Labute approximate surface area is 83.1 Å². The van der Waals surface area contributed by atoms with Crippen molar-refractivity contribution in [1.29, 1.82) is 0 Å². The lowest BCUT2D eigenvalue weighted by Crippen LogP contribution is -1.95. The van der Waals surface area contributed by atoms with E-state index in [-0.39, 0.29) is 11.9 Å². The lowest BCUT2D eigenvalue weighted by atomic mass is 10.5. The summed E-state index contributed by atoms with van der Waals surface area (Å²) >= 11 is 8.60. The maximum atomic E-state index is 8.07. The van der Waals surface area contributed by atoms with Crippen LogP contribution >= 0.6 is 24.8 Å². The van der Waals surface area contributed by atoms with Crippen LogP contribution in [-0.2, 0) is 0 Å². The van der Waals surface area contributed by atoms with Gasteiger partial charge in [-0.15, -0.1) is 0 Å². The lowest BCUT2D eigenvalue weighted by Gasteiger charge is -1.89. The smallest absolute Gasteiger partial charge is 0.103 e. The van der Waals surface area contributed by atoms with Gasteiger partial charge < -0.3 is 10.1 Å². The summed E-state index contributed by atoms with van der Waals surface area (Å²) in [6, 6.07) is 5.64. The Hall–Kier alpha value is -0.320. The Balaban J connectivity index is 0.000000217. The Morgan fingerprint density at radius 3 is 2.42 bits per heavy atom. The third-order valence-corrected chi connectivity index (χ3v) is 1.36. The van der Waals surface area contributed by atoms with Crippen LogP contribution in [0.5, 0.6) is 0 Å². The average Bonchev–Trinajstić information content (AvgIpc) is 2.07. The fourth-order valence-electron chi connectivity index (χ4n) is 0.377. The lowest BCUT2D eigenvalue weighted by molar-refractivity contribution is 0.300. The molecule has 68 valence electrons. The van der Waals surface area contributed by atoms with Crippen LogP contribution in [0.2, 0.25) is 0 Å². The summed E-state index contributed by atoms with van der Waals surface area (Å²) in [7, 11) is 0. The molecule has 0 radical (unpaired) electrons. The maximum Gasteiger partial charge on any atom is 0.103 e. The van der Waals surface area contributed by atoms with Crippen LogP contribution in [0.3, 0.4) is 0 Å². The first-order valence-electron chi connectivity index (χ1n) is 3.59. The quantitative estimate of drug-likeness (QED) is 0.482. The van der Waals surface area contributed by atoms with Gasteiger partial charge in [-0.25, -0.2) is 0 Å². The number of aromatic amines is 1. The number of aromatic nitrogens is 1. The second kappa shape index (κ2) is 7.34. The minimum absolute atomic E-state index is 0.134. The van der Waals surface area contributed by atoms with Gasteiger partial charge in [-0.3, -0.25) is 0 Å². The van der Waals surface area contributed by atoms with Crippen LogP contribution in [-0.4, -0.2) is 21.9 Å². The van der Waals surface area contributed by atoms with E-state index in [1.807, 2.05) is 31.3 Å². The molecule has 0 spiro atoms. The first-order valence-corrected chi connectivity index (χ1v) is 4.52. The molecule has 0 fully saturated rings. The normalized spacial score (nSPS) is 11.2. The molecule has 0 saturated carbocycles. The molecular formula is C8H13NOS2. The van der Waals surface area contributed by atoms with Crippen molar-refractivity contribution < 1.29 is 5.11 Å². The van der Waals surface area contributed by atoms with E-state index in [1.165, 1.54) is 0 Å². The third-order valence-electron chi connectivity index (χ3n) is 0.945. The van der Waals surface area contributed by atoms with Gasteiger partial charge >= 0.3 is 0 Å². The molecule has 2 nitrogen and oxygen atoms in total. The standard InChI is InChI=1S/C5H5NS.C3H8OS/c7-5-3-1-2-4-6-5;1-3(5)2-4/h1-4H,(H,6,7);3-5H,2H2,1H3/t;3-/m.1/s1. The minimum atomic E-state index is 0.134. The van der Waals surface area contributed by atoms with E-state index in [4.69, 9.17) is 17.3 Å². The molecule has 0 bridgehead atoms. The second-order valence-electron chi connectivity index (χ2n) is 2.26. The van der Waals surface area contributed by atoms with E-state index in [1.54, 1.807) is 0 Å². The molecule has 1 atom stereocenters. The number of pyridine rings is 1. The van der Waals surface area contributed by atoms with E-state index >= 15 is 0 Å². The molecule has 0 aliphatic rings. The van der Waals surface area contributed by atoms with Crippen molar-refractivity contribution in [2.24, 2.45) is 0 Å². The number of thiol groups is 1. The molecule has 1 rings (SSSR count). The van der Waals surface area contributed by atoms with Gasteiger partial charge in [0.15, 0.2) is 0 Å². The molecule has 0 unspecified atom stereocenters. The SMILES string of the molecule is C[C@@H](S)CO.S=c1cccc[nH]1. The number of nitrogens with one attached hydrogen (secondary N) is 1. The molecule has 0 aliphatic carbocycles. The van der Waals surface area contributed by atoms with Crippen molar-refractivity contribution >= 4 is 24.8 Å². The molecule has 1 aromatic rings. The van der Waals surface area contributed by atoms with Gasteiger partial charge in [0.1, 0.15) is 4.64 Å². The van der Waals surface area contributed by atoms with Crippen LogP contribution in [0, 0.1) is 4.64 Å². The van der Waals surface area contributed by atoms with Gasteiger partial charge in [-0.1, -0.05) is 25.2 Å². The molecule has 0 amide bonds. The van der Waals surface area contributed by atoms with Crippen LogP contribution in [0.25, 0.3) is 0 Å². The highest BCUT2D eigenvalue weighted by Crippen LogP contribution is 1.85. The zero-order valence-electron chi connectivity index (χ0n) is 6.90. The van der Waals surface area contributed by atoms with Gasteiger partial charge in [-0.2, -0.15) is 12.6 Å². The monoisotopic (exact) mass is 203 g/mol. The molecule has 4 heteroatoms. The van der Waals surface area contributed by atoms with Crippen molar-refractivity contribution in [3.05, 3.63) is 29.0 Å². The Morgan fingerprint density at radius 1 is 1.67 bits per heavy atom. The number of aliphatic hydroxyl groups excluding tert-OH is 1. The highest BCUT2D eigenvalue weighted by Gasteiger charge is 1.82. The molecule has 12 heavy (non-hydrogen) atoms. The summed E-state index contributed by atoms with van der Waals surface area (Å²) in [5.41, 5.74) is 0. The van der Waals surface area contributed by atoms with Gasteiger partial charge in [0.25, 0.3) is 0 Å². The van der Waals surface area contributed by atoms with Crippen molar-refractivity contribution in [1.82, 2.24) is 4.98 Å². The van der Waals surface area contributed by atoms with Crippen molar-refractivity contribution in [2.75, 3.05) is 6.61 Å². The van der Waals surface area contributed by atoms with Crippen LogP contribution in [0.4, 0.5) is 0 Å². The Morgan fingerprint density at radius 2 is 2.25 bits per heavy atom. The predicted octanol–water partition coefficient (Wildman–Crippen LogP) is 2.04. The molecule has 0 aromatic carbocycles. The van der Waals surface area contributed by atoms with E-state index < -0.39 is 0 Å². The molecular weight excluding hydrogens is 190 g/mol. The van der Waals surface area contributed by atoms with Crippen LogP contribution in [0.1, 0.15) is 6.92 Å². The first kappa shape index (κ1) is 11.7. The number of aliphatic hydroxyl groups is 1. The largest absolute Gasteiger partial charge is 0.395 e. The molecule has 2 N–H and O–H groups in total. The minimum Gasteiger partial charge on any atom is -0.395 e. The number of H-pyrrole nitrogens is 1. The molecule has 0 aliphatic heterocycles. The molecule has 0 saturated heterocycles. The van der Waals surface area contributed by atoms with E-state index in [2.05, 4.69) is 17.6 Å². The summed E-state index contributed by atoms with van der Waals surface area (Å²) in [5.74, 6) is 0. The maximum absolute atomic E-state index is 8.07. The highest BCUT2D eigenvalue weighted by molar-refractivity contribution is 7.80. The number of rotatable bonds is 1. The summed E-state index contributed by atoms with van der Waals surface area (Å²) in [5, 5.41) is 8.20. The third kappa shape index (κ3) is 7.78.